The molecule has 0 bridgehead atoms. The lowest BCUT2D eigenvalue weighted by Gasteiger charge is -2.38. The fourth-order valence-corrected chi connectivity index (χ4v) is 3.79. The van der Waals surface area contributed by atoms with Gasteiger partial charge in [0.25, 0.3) is 0 Å². The average molecular weight is 551 g/mol. The number of aliphatic hydroxyl groups is 9. The molecule has 230 valence electrons. The third kappa shape index (κ3) is 11.3. The summed E-state index contributed by atoms with van der Waals surface area (Å²) in [4.78, 5) is 0. The summed E-state index contributed by atoms with van der Waals surface area (Å²) in [6, 6.07) is 0. The molecule has 9 N–H and O–H groups in total. The lowest BCUT2D eigenvalue weighted by atomic mass is 9.96. The molecule has 8 unspecified atom stereocenters. The monoisotopic (exact) mass is 550 g/mol. The molecule has 37 heavy (non-hydrogen) atoms. The fraction of sp³-hybridized carbons (Fsp3) is 1.00. The molecule has 0 aromatic heterocycles. The van der Waals surface area contributed by atoms with Crippen LogP contribution in [-0.2, 0) is 14.2 Å². The van der Waals surface area contributed by atoms with Crippen molar-refractivity contribution in [3.8, 4) is 0 Å². The summed E-state index contributed by atoms with van der Waals surface area (Å²) in [6.45, 7) is 8.27. The minimum absolute atomic E-state index is 0. The van der Waals surface area contributed by atoms with Gasteiger partial charge in [0.2, 0.25) is 0 Å². The zero-order valence-corrected chi connectivity index (χ0v) is 19.7. The number of aliphatic hydroxyl groups excluding tert-OH is 9. The van der Waals surface area contributed by atoms with Crippen LogP contribution < -0.4 is 0 Å². The number of hydrogen-bond donors (Lipinski definition) is 9. The first kappa shape index (κ1) is 43.6. The van der Waals surface area contributed by atoms with Crippen molar-refractivity contribution < 1.29 is 60.2 Å². The molecular formula is C25H58O12. The van der Waals surface area contributed by atoms with Crippen molar-refractivity contribution in [2.24, 2.45) is 5.92 Å². The summed E-state index contributed by atoms with van der Waals surface area (Å²) < 4.78 is 15.4. The van der Waals surface area contributed by atoms with Crippen molar-refractivity contribution in [1.82, 2.24) is 0 Å². The highest BCUT2D eigenvalue weighted by Crippen LogP contribution is 2.25. The van der Waals surface area contributed by atoms with E-state index in [0.29, 0.717) is 0 Å². The molecule has 0 amide bonds. The lowest BCUT2D eigenvalue weighted by molar-refractivity contribution is -0.224. The second kappa shape index (κ2) is 19.6. The Morgan fingerprint density at radius 3 is 1.00 bits per heavy atom. The fourth-order valence-electron chi connectivity index (χ4n) is 3.79. The van der Waals surface area contributed by atoms with Gasteiger partial charge in [-0.25, -0.2) is 0 Å². The van der Waals surface area contributed by atoms with Crippen molar-refractivity contribution >= 4 is 0 Å². The molecule has 12 nitrogen and oxygen atoms in total. The Morgan fingerprint density at radius 2 is 0.703 bits per heavy atom. The third-order valence-corrected chi connectivity index (χ3v) is 6.45. The first-order valence-electron chi connectivity index (χ1n) is 11.2. The standard InChI is InChI=1S/C7H14O5.C7H14O4.C7H14O3.4CH4/c1-3-5(9)7(11)6(10)4(2-8)12-3;1-3-5(8)7(10)6(9)4(2)11-3;1-4-5(2)10-6(3-8)7(4)9;;;;/h3-11H,2H2,1H3;3-10H,1-2H3;4-9H,3H2,1-2H3;4*1H4/t3-,4?,5?,6?,7?;3-,4-,5+,6+;;;;;/m10...../s1. The van der Waals surface area contributed by atoms with E-state index < -0.39 is 67.1 Å². The van der Waals surface area contributed by atoms with Gasteiger partial charge in [0.15, 0.2) is 0 Å². The molecule has 3 aliphatic rings. The van der Waals surface area contributed by atoms with Crippen LogP contribution in [0, 0.1) is 5.92 Å². The minimum Gasteiger partial charge on any atom is -0.394 e. The second-order valence-electron chi connectivity index (χ2n) is 8.96. The highest BCUT2D eigenvalue weighted by Gasteiger charge is 2.41. The molecule has 3 aliphatic heterocycles. The van der Waals surface area contributed by atoms with E-state index in [-0.39, 0.29) is 61.0 Å². The first-order valence-corrected chi connectivity index (χ1v) is 11.2. The molecule has 0 saturated carbocycles. The van der Waals surface area contributed by atoms with Crippen LogP contribution in [0.5, 0.6) is 0 Å². The summed E-state index contributed by atoms with van der Waals surface area (Å²) in [5, 5.41) is 82.0. The maximum absolute atomic E-state index is 9.34. The lowest BCUT2D eigenvalue weighted by Crippen LogP contribution is -2.57. The van der Waals surface area contributed by atoms with Gasteiger partial charge in [0.1, 0.15) is 48.8 Å². The molecule has 3 rings (SSSR count). The average Bonchev–Trinajstić information content (AvgIpc) is 3.04. The van der Waals surface area contributed by atoms with Gasteiger partial charge < -0.3 is 60.2 Å². The maximum Gasteiger partial charge on any atom is 0.111 e. The van der Waals surface area contributed by atoms with E-state index in [1.165, 1.54) is 0 Å². The zero-order valence-electron chi connectivity index (χ0n) is 19.7. The molecule has 0 spiro atoms. The SMILES string of the molecule is C.C.C.C.CC1OC(CO)C(O)C1C.C[C@@H]1O[C@@H](C)[C@@H](O)C(O)[C@@H]1O.C[C@H]1OC(CO)C(O)C(O)C1O. The van der Waals surface area contributed by atoms with E-state index >= 15 is 0 Å². The maximum atomic E-state index is 9.34. The van der Waals surface area contributed by atoms with Gasteiger partial charge in [-0.05, 0) is 27.7 Å². The van der Waals surface area contributed by atoms with Gasteiger partial charge in [-0.3, -0.25) is 0 Å². The van der Waals surface area contributed by atoms with Crippen molar-refractivity contribution in [2.75, 3.05) is 13.2 Å². The molecule has 0 aliphatic carbocycles. The number of rotatable bonds is 2. The summed E-state index contributed by atoms with van der Waals surface area (Å²) in [7, 11) is 0. The van der Waals surface area contributed by atoms with Crippen molar-refractivity contribution in [2.45, 2.75) is 144 Å². The summed E-state index contributed by atoms with van der Waals surface area (Å²) in [5.41, 5.74) is 0. The largest absolute Gasteiger partial charge is 0.394 e. The van der Waals surface area contributed by atoms with Gasteiger partial charge in [0.05, 0.1) is 43.7 Å². The normalized spacial score (nSPS) is 44.6. The molecule has 12 heteroatoms. The molecule has 3 fully saturated rings. The van der Waals surface area contributed by atoms with Gasteiger partial charge >= 0.3 is 0 Å². The first-order chi connectivity index (χ1) is 15.3. The highest BCUT2D eigenvalue weighted by atomic mass is 16.5. The van der Waals surface area contributed by atoms with E-state index in [0.717, 1.165) is 0 Å². The topological polar surface area (TPSA) is 210 Å². The van der Waals surface area contributed by atoms with Crippen LogP contribution in [0.2, 0.25) is 0 Å². The Bertz CT molecular complexity index is 537. The molecule has 3 heterocycles. The van der Waals surface area contributed by atoms with Crippen LogP contribution in [0.25, 0.3) is 0 Å². The van der Waals surface area contributed by atoms with Crippen LogP contribution in [-0.4, -0.2) is 139 Å². The Hall–Kier alpha value is -0.480. The van der Waals surface area contributed by atoms with Gasteiger partial charge in [0, 0.05) is 5.92 Å². The minimum atomic E-state index is -1.24. The van der Waals surface area contributed by atoms with Crippen molar-refractivity contribution in [3.63, 3.8) is 0 Å². The van der Waals surface area contributed by atoms with Crippen LogP contribution >= 0.6 is 0 Å². The van der Waals surface area contributed by atoms with Crippen molar-refractivity contribution in [3.05, 3.63) is 0 Å². The zero-order chi connectivity index (χ0) is 25.6. The Labute approximate surface area is 223 Å². The van der Waals surface area contributed by atoms with Crippen LogP contribution in [0.3, 0.4) is 0 Å². The summed E-state index contributed by atoms with van der Waals surface area (Å²) in [6.07, 6.45) is -9.63. The van der Waals surface area contributed by atoms with Crippen LogP contribution in [0.4, 0.5) is 0 Å². The molecule has 0 radical (unpaired) electrons. The number of hydrogen-bond acceptors (Lipinski definition) is 12. The van der Waals surface area contributed by atoms with Gasteiger partial charge in [-0.15, -0.1) is 0 Å². The Kier molecular flexibility index (Phi) is 23.0. The smallest absolute Gasteiger partial charge is 0.111 e. The van der Waals surface area contributed by atoms with E-state index in [9.17, 15) is 35.7 Å². The Balaban J connectivity index is -0.000000210. The summed E-state index contributed by atoms with van der Waals surface area (Å²) in [5.74, 6) is 0.136. The summed E-state index contributed by atoms with van der Waals surface area (Å²) >= 11 is 0. The quantitative estimate of drug-likeness (QED) is 0.203. The van der Waals surface area contributed by atoms with Crippen molar-refractivity contribution in [1.29, 1.82) is 0 Å². The van der Waals surface area contributed by atoms with E-state index in [4.69, 9.17) is 24.4 Å². The Morgan fingerprint density at radius 1 is 0.405 bits per heavy atom. The van der Waals surface area contributed by atoms with E-state index in [1.54, 1.807) is 20.8 Å². The molecule has 13 atom stereocenters. The predicted octanol–water partition coefficient (Wildman–Crippen LogP) is -0.968. The van der Waals surface area contributed by atoms with Crippen LogP contribution in [0.1, 0.15) is 64.3 Å². The van der Waals surface area contributed by atoms with Gasteiger partial charge in [-0.1, -0.05) is 36.6 Å². The van der Waals surface area contributed by atoms with Crippen LogP contribution in [0.15, 0.2) is 0 Å². The number of ether oxygens (including phenoxy) is 3. The highest BCUT2D eigenvalue weighted by molar-refractivity contribution is 4.90. The molecular weight excluding hydrogens is 492 g/mol. The molecule has 0 aromatic carbocycles. The molecule has 0 aromatic rings. The third-order valence-electron chi connectivity index (χ3n) is 6.45. The molecule has 3 saturated heterocycles. The second-order valence-corrected chi connectivity index (χ2v) is 8.96. The van der Waals surface area contributed by atoms with E-state index in [1.807, 2.05) is 13.8 Å². The predicted molar refractivity (Wildman–Crippen MR) is 141 cm³/mol. The van der Waals surface area contributed by atoms with E-state index in [2.05, 4.69) is 0 Å². The van der Waals surface area contributed by atoms with Gasteiger partial charge in [-0.2, -0.15) is 0 Å².